The second kappa shape index (κ2) is 7.77. The van der Waals surface area contributed by atoms with E-state index in [-0.39, 0.29) is 5.41 Å². The Labute approximate surface area is 95.3 Å². The van der Waals surface area contributed by atoms with Crippen molar-refractivity contribution in [3.63, 3.8) is 0 Å². The Balaban J connectivity index is 3.56. The highest BCUT2D eigenvalue weighted by Gasteiger charge is 2.05. The smallest absolute Gasteiger partial charge is 0.114 e. The highest BCUT2D eigenvalue weighted by Crippen LogP contribution is 2.11. The van der Waals surface area contributed by atoms with Gasteiger partial charge in [-0.3, -0.25) is 0 Å². The van der Waals surface area contributed by atoms with Gasteiger partial charge in [0.15, 0.2) is 0 Å². The van der Waals surface area contributed by atoms with Crippen LogP contribution in [0.25, 0.3) is 0 Å². The minimum absolute atomic E-state index is 0.00317. The third-order valence-electron chi connectivity index (χ3n) is 2.19. The van der Waals surface area contributed by atoms with Gasteiger partial charge in [-0.05, 0) is 33.6 Å². The molecule has 0 saturated carbocycles. The van der Waals surface area contributed by atoms with Crippen LogP contribution in [0.15, 0.2) is 0 Å². The minimum Gasteiger partial charge on any atom is -0.380 e. The average molecular weight is 210 g/mol. The van der Waals surface area contributed by atoms with Crippen molar-refractivity contribution in [2.75, 3.05) is 0 Å². The van der Waals surface area contributed by atoms with Crippen LogP contribution in [0.4, 0.5) is 0 Å². The fourth-order valence-electron chi connectivity index (χ4n) is 1.31. The van der Waals surface area contributed by atoms with E-state index in [0.29, 0.717) is 0 Å². The molecular weight excluding hydrogens is 184 g/mol. The molecular formula is C14H26O. The highest BCUT2D eigenvalue weighted by molar-refractivity contribution is 5.10. The Kier molecular flexibility index (Phi) is 7.52. The summed E-state index contributed by atoms with van der Waals surface area (Å²) in [5.41, 5.74) is 0.00317. The summed E-state index contributed by atoms with van der Waals surface area (Å²) in [4.78, 5) is 0. The average Bonchev–Trinajstić information content (AvgIpc) is 2.13. The topological polar surface area (TPSA) is 20.2 Å². The molecule has 0 aromatic rings. The van der Waals surface area contributed by atoms with Crippen LogP contribution in [0, 0.1) is 17.3 Å². The Morgan fingerprint density at radius 2 is 1.67 bits per heavy atom. The van der Waals surface area contributed by atoms with E-state index in [1.54, 1.807) is 0 Å². The number of aliphatic hydroxyl groups is 1. The monoisotopic (exact) mass is 210 g/mol. The van der Waals surface area contributed by atoms with Crippen LogP contribution < -0.4 is 0 Å². The van der Waals surface area contributed by atoms with Gasteiger partial charge in [-0.2, -0.15) is 0 Å². The second-order valence-electron chi connectivity index (χ2n) is 5.24. The molecule has 1 nitrogen and oxygen atoms in total. The molecule has 0 aliphatic rings. The van der Waals surface area contributed by atoms with Crippen LogP contribution in [0.2, 0.25) is 0 Å². The maximum atomic E-state index is 9.60. The third kappa shape index (κ3) is 11.4. The molecule has 1 unspecified atom stereocenters. The summed E-state index contributed by atoms with van der Waals surface area (Å²) in [7, 11) is 0. The van der Waals surface area contributed by atoms with Gasteiger partial charge in [0.1, 0.15) is 6.10 Å². The SMILES string of the molecule is CCCCCCCC(O)C#CC(C)(C)C. The third-order valence-corrected chi connectivity index (χ3v) is 2.19. The summed E-state index contributed by atoms with van der Waals surface area (Å²) >= 11 is 0. The zero-order valence-electron chi connectivity index (χ0n) is 10.8. The van der Waals surface area contributed by atoms with Gasteiger partial charge >= 0.3 is 0 Å². The Morgan fingerprint density at radius 1 is 1.07 bits per heavy atom. The van der Waals surface area contributed by atoms with Gasteiger partial charge in [-0.15, -0.1) is 0 Å². The van der Waals surface area contributed by atoms with E-state index in [1.807, 2.05) is 0 Å². The molecule has 15 heavy (non-hydrogen) atoms. The van der Waals surface area contributed by atoms with Gasteiger partial charge in [0.25, 0.3) is 0 Å². The summed E-state index contributed by atoms with van der Waals surface area (Å²) in [5, 5.41) is 9.60. The zero-order valence-corrected chi connectivity index (χ0v) is 10.8. The molecule has 88 valence electrons. The van der Waals surface area contributed by atoms with Crippen molar-refractivity contribution in [3.8, 4) is 11.8 Å². The Hall–Kier alpha value is -0.480. The molecule has 0 saturated heterocycles. The molecule has 0 spiro atoms. The normalized spacial score (nSPS) is 13.1. The molecule has 0 aromatic carbocycles. The van der Waals surface area contributed by atoms with E-state index in [9.17, 15) is 5.11 Å². The summed E-state index contributed by atoms with van der Waals surface area (Å²) < 4.78 is 0. The van der Waals surface area contributed by atoms with Gasteiger partial charge in [-0.25, -0.2) is 0 Å². The maximum Gasteiger partial charge on any atom is 0.114 e. The standard InChI is InChI=1S/C14H26O/c1-5-6-7-8-9-10-13(15)11-12-14(2,3)4/h13,15H,5-10H2,1-4H3. The first-order valence-electron chi connectivity index (χ1n) is 6.16. The van der Waals surface area contributed by atoms with Crippen molar-refractivity contribution in [1.82, 2.24) is 0 Å². The van der Waals surface area contributed by atoms with Gasteiger partial charge in [-0.1, -0.05) is 44.4 Å². The molecule has 0 bridgehead atoms. The molecule has 0 aliphatic carbocycles. The maximum absolute atomic E-state index is 9.60. The molecule has 1 heteroatoms. The molecule has 1 atom stereocenters. The zero-order chi connectivity index (χ0) is 11.7. The van der Waals surface area contributed by atoms with Crippen LogP contribution in [0.1, 0.15) is 66.2 Å². The molecule has 1 N–H and O–H groups in total. The van der Waals surface area contributed by atoms with Crippen LogP contribution >= 0.6 is 0 Å². The molecule has 0 radical (unpaired) electrons. The van der Waals surface area contributed by atoms with Crippen molar-refractivity contribution in [2.24, 2.45) is 5.41 Å². The van der Waals surface area contributed by atoms with Gasteiger partial charge < -0.3 is 5.11 Å². The van der Waals surface area contributed by atoms with Gasteiger partial charge in [0, 0.05) is 5.41 Å². The van der Waals surface area contributed by atoms with E-state index >= 15 is 0 Å². The Morgan fingerprint density at radius 3 is 2.20 bits per heavy atom. The summed E-state index contributed by atoms with van der Waals surface area (Å²) in [5.74, 6) is 5.99. The number of unbranched alkanes of at least 4 members (excludes halogenated alkanes) is 4. The summed E-state index contributed by atoms with van der Waals surface area (Å²) in [6.45, 7) is 8.40. The predicted molar refractivity (Wildman–Crippen MR) is 66.6 cm³/mol. The summed E-state index contributed by atoms with van der Waals surface area (Å²) in [6, 6.07) is 0. The number of rotatable bonds is 6. The highest BCUT2D eigenvalue weighted by atomic mass is 16.3. The van der Waals surface area contributed by atoms with Crippen LogP contribution in [0.5, 0.6) is 0 Å². The molecule has 0 aromatic heterocycles. The van der Waals surface area contributed by atoms with Crippen molar-refractivity contribution >= 4 is 0 Å². The van der Waals surface area contributed by atoms with Crippen LogP contribution in [-0.2, 0) is 0 Å². The van der Waals surface area contributed by atoms with Crippen molar-refractivity contribution in [1.29, 1.82) is 0 Å². The summed E-state index contributed by atoms with van der Waals surface area (Å²) in [6.07, 6.45) is 6.59. The van der Waals surface area contributed by atoms with E-state index in [1.165, 1.54) is 25.7 Å². The molecule has 0 heterocycles. The Bertz CT molecular complexity index is 202. The molecule has 0 amide bonds. The lowest BCUT2D eigenvalue weighted by Crippen LogP contribution is -2.06. The predicted octanol–water partition coefficient (Wildman–Crippen LogP) is 3.76. The van der Waals surface area contributed by atoms with Gasteiger partial charge in [0.05, 0.1) is 0 Å². The van der Waals surface area contributed by atoms with E-state index in [0.717, 1.165) is 12.8 Å². The first-order chi connectivity index (χ1) is 6.95. The lowest BCUT2D eigenvalue weighted by atomic mass is 9.97. The largest absolute Gasteiger partial charge is 0.380 e. The molecule has 0 aliphatic heterocycles. The second-order valence-corrected chi connectivity index (χ2v) is 5.24. The number of hydrogen-bond donors (Lipinski definition) is 1. The van der Waals surface area contributed by atoms with E-state index in [4.69, 9.17) is 0 Å². The molecule has 0 fully saturated rings. The first-order valence-corrected chi connectivity index (χ1v) is 6.16. The lowest BCUT2D eigenvalue weighted by molar-refractivity contribution is 0.216. The van der Waals surface area contributed by atoms with E-state index < -0.39 is 6.10 Å². The van der Waals surface area contributed by atoms with Crippen LogP contribution in [0.3, 0.4) is 0 Å². The first kappa shape index (κ1) is 14.5. The fourth-order valence-corrected chi connectivity index (χ4v) is 1.31. The van der Waals surface area contributed by atoms with Crippen molar-refractivity contribution in [2.45, 2.75) is 72.3 Å². The quantitative estimate of drug-likeness (QED) is 0.523. The lowest BCUT2D eigenvalue weighted by Gasteiger charge is -2.08. The van der Waals surface area contributed by atoms with E-state index in [2.05, 4.69) is 39.5 Å². The van der Waals surface area contributed by atoms with Gasteiger partial charge in [0.2, 0.25) is 0 Å². The van der Waals surface area contributed by atoms with Crippen LogP contribution in [-0.4, -0.2) is 11.2 Å². The van der Waals surface area contributed by atoms with Crippen molar-refractivity contribution < 1.29 is 5.11 Å². The number of hydrogen-bond acceptors (Lipinski definition) is 1. The molecule has 0 rings (SSSR count). The number of aliphatic hydroxyl groups excluding tert-OH is 1. The van der Waals surface area contributed by atoms with Crippen molar-refractivity contribution in [3.05, 3.63) is 0 Å². The minimum atomic E-state index is -0.425. The fraction of sp³-hybridized carbons (Fsp3) is 0.857.